The average Bonchev–Trinajstić information content (AvgIpc) is 3.15. The van der Waals surface area contributed by atoms with Gasteiger partial charge in [-0.25, -0.2) is 4.98 Å². The van der Waals surface area contributed by atoms with Gasteiger partial charge in [0.1, 0.15) is 18.0 Å². The molecule has 4 heteroatoms. The molecule has 1 atom stereocenters. The first-order chi connectivity index (χ1) is 15.2. The van der Waals surface area contributed by atoms with E-state index in [4.69, 9.17) is 14.5 Å². The first-order valence-corrected chi connectivity index (χ1v) is 11.9. The number of ether oxygens (including phenoxy) is 2. The number of nitrogens with zero attached hydrogens (tertiary/aromatic N) is 1. The van der Waals surface area contributed by atoms with Crippen LogP contribution >= 0.6 is 11.3 Å². The second kappa shape index (κ2) is 7.38. The molecule has 0 amide bonds. The highest BCUT2D eigenvalue weighted by Crippen LogP contribution is 2.44. The number of fused-ring (bicyclic) bond motifs is 4. The summed E-state index contributed by atoms with van der Waals surface area (Å²) in [4.78, 5) is 7.83. The molecule has 2 aromatic carbocycles. The third-order valence-electron chi connectivity index (χ3n) is 6.43. The van der Waals surface area contributed by atoms with Crippen LogP contribution < -0.4 is 9.47 Å². The van der Waals surface area contributed by atoms with E-state index in [1.54, 1.807) is 0 Å². The molecule has 0 N–H and O–H groups in total. The summed E-state index contributed by atoms with van der Waals surface area (Å²) in [7, 11) is 0. The van der Waals surface area contributed by atoms with E-state index in [0.717, 1.165) is 39.9 Å². The highest BCUT2D eigenvalue weighted by atomic mass is 32.1. The highest BCUT2D eigenvalue weighted by molar-refractivity contribution is 7.19. The van der Waals surface area contributed by atoms with Gasteiger partial charge in [0, 0.05) is 15.8 Å². The molecule has 1 unspecified atom stereocenters. The minimum atomic E-state index is 0.591. The fourth-order valence-electron chi connectivity index (χ4n) is 4.83. The maximum atomic E-state index is 5.83. The van der Waals surface area contributed by atoms with Gasteiger partial charge in [-0.3, -0.25) is 0 Å². The number of rotatable bonds is 2. The minimum absolute atomic E-state index is 0.591. The number of aromatic nitrogens is 1. The van der Waals surface area contributed by atoms with Gasteiger partial charge in [0.05, 0.1) is 5.69 Å². The molecule has 0 saturated carbocycles. The summed E-state index contributed by atoms with van der Waals surface area (Å²) >= 11 is 1.89. The maximum Gasteiger partial charge on any atom is 0.162 e. The van der Waals surface area contributed by atoms with Gasteiger partial charge in [-0.1, -0.05) is 36.8 Å². The van der Waals surface area contributed by atoms with Crippen LogP contribution in [0.1, 0.15) is 29.3 Å². The molecule has 0 fully saturated rings. The minimum Gasteiger partial charge on any atom is -0.486 e. The lowest BCUT2D eigenvalue weighted by atomic mass is 9.87. The number of hydrogen-bond acceptors (Lipinski definition) is 4. The second-order valence-corrected chi connectivity index (χ2v) is 9.90. The van der Waals surface area contributed by atoms with Crippen LogP contribution in [0.2, 0.25) is 0 Å². The van der Waals surface area contributed by atoms with Gasteiger partial charge in [0.2, 0.25) is 0 Å². The van der Waals surface area contributed by atoms with E-state index in [2.05, 4.69) is 56.3 Å². The number of benzene rings is 2. The molecule has 2 aliphatic rings. The summed E-state index contributed by atoms with van der Waals surface area (Å²) in [6.45, 7) is 5.72. The Labute approximate surface area is 186 Å². The van der Waals surface area contributed by atoms with Crippen molar-refractivity contribution in [2.45, 2.75) is 33.1 Å². The van der Waals surface area contributed by atoms with Crippen molar-refractivity contribution >= 4 is 21.6 Å². The molecule has 3 nitrogen and oxygen atoms in total. The van der Waals surface area contributed by atoms with Gasteiger partial charge in [-0.2, -0.15) is 0 Å². The molecular weight excluding hydrogens is 402 g/mol. The third-order valence-corrected chi connectivity index (χ3v) is 7.58. The van der Waals surface area contributed by atoms with Crippen molar-refractivity contribution in [3.05, 3.63) is 64.5 Å². The summed E-state index contributed by atoms with van der Waals surface area (Å²) in [6.07, 6.45) is 3.58. The van der Waals surface area contributed by atoms with E-state index in [1.807, 2.05) is 17.4 Å². The van der Waals surface area contributed by atoms with Crippen LogP contribution in [0.3, 0.4) is 0 Å². The molecule has 0 saturated heterocycles. The van der Waals surface area contributed by atoms with Gasteiger partial charge in [-0.05, 0) is 73.1 Å². The third kappa shape index (κ3) is 3.30. The van der Waals surface area contributed by atoms with Gasteiger partial charge in [0.15, 0.2) is 11.5 Å². The summed E-state index contributed by atoms with van der Waals surface area (Å²) in [6, 6.07) is 17.3. The van der Waals surface area contributed by atoms with E-state index in [0.29, 0.717) is 13.2 Å². The van der Waals surface area contributed by atoms with Gasteiger partial charge in [-0.15, -0.1) is 11.3 Å². The van der Waals surface area contributed by atoms with E-state index in [1.165, 1.54) is 45.4 Å². The molecule has 156 valence electrons. The Hall–Kier alpha value is -2.85. The zero-order chi connectivity index (χ0) is 20.9. The van der Waals surface area contributed by atoms with Crippen LogP contribution in [0.25, 0.3) is 32.6 Å². The quantitative estimate of drug-likeness (QED) is 0.351. The first-order valence-electron chi connectivity index (χ1n) is 11.1. The van der Waals surface area contributed by atoms with Crippen molar-refractivity contribution in [1.82, 2.24) is 4.98 Å². The van der Waals surface area contributed by atoms with Crippen molar-refractivity contribution < 1.29 is 9.47 Å². The normalized spacial score (nSPS) is 17.5. The number of hydrogen-bond donors (Lipinski definition) is 0. The monoisotopic (exact) mass is 427 g/mol. The molecular formula is C27H25NO2S. The highest BCUT2D eigenvalue weighted by Gasteiger charge is 2.24. The number of pyridine rings is 1. The Morgan fingerprint density at radius 1 is 0.968 bits per heavy atom. The van der Waals surface area contributed by atoms with Gasteiger partial charge < -0.3 is 9.47 Å². The molecule has 3 heterocycles. The lowest BCUT2D eigenvalue weighted by Gasteiger charge is -2.19. The SMILES string of the molecule is Cc1cccc(-c2cc(-c3ccc4c(c3)OCCO4)nc3sc4c(c23)CCC(C)C4)c1. The smallest absolute Gasteiger partial charge is 0.162 e. The Bertz CT molecular complexity index is 1310. The lowest BCUT2D eigenvalue weighted by Crippen LogP contribution is -2.15. The summed E-state index contributed by atoms with van der Waals surface area (Å²) < 4.78 is 11.5. The van der Waals surface area contributed by atoms with E-state index in [-0.39, 0.29) is 0 Å². The van der Waals surface area contributed by atoms with Crippen LogP contribution in [0.15, 0.2) is 48.5 Å². The van der Waals surface area contributed by atoms with Gasteiger partial charge >= 0.3 is 0 Å². The molecule has 1 aliphatic heterocycles. The Morgan fingerprint density at radius 3 is 2.71 bits per heavy atom. The molecule has 6 rings (SSSR count). The van der Waals surface area contributed by atoms with Crippen LogP contribution in [-0.2, 0) is 12.8 Å². The Balaban J connectivity index is 1.58. The molecule has 4 aromatic rings. The Morgan fingerprint density at radius 2 is 1.84 bits per heavy atom. The topological polar surface area (TPSA) is 31.4 Å². The number of aryl methyl sites for hydroxylation is 2. The molecule has 0 spiro atoms. The second-order valence-electron chi connectivity index (χ2n) is 8.81. The molecule has 0 bridgehead atoms. The Kier molecular flexibility index (Phi) is 4.50. The van der Waals surface area contributed by atoms with E-state index in [9.17, 15) is 0 Å². The van der Waals surface area contributed by atoms with Crippen molar-refractivity contribution in [3.63, 3.8) is 0 Å². The average molecular weight is 428 g/mol. The lowest BCUT2D eigenvalue weighted by molar-refractivity contribution is 0.171. The maximum absolute atomic E-state index is 5.83. The van der Waals surface area contributed by atoms with E-state index < -0.39 is 0 Å². The molecule has 0 radical (unpaired) electrons. The zero-order valence-corrected chi connectivity index (χ0v) is 18.7. The standard InChI is InChI=1S/C27H25NO2S/c1-16-4-3-5-18(12-16)21-15-22(19-7-9-23-24(14-19)30-11-10-29-23)28-27-26(21)20-8-6-17(2)13-25(20)31-27/h3-5,7,9,12,14-15,17H,6,8,10-11,13H2,1-2H3. The largest absolute Gasteiger partial charge is 0.486 e. The van der Waals surface area contributed by atoms with Crippen molar-refractivity contribution in [3.8, 4) is 33.9 Å². The fourth-order valence-corrected chi connectivity index (χ4v) is 6.24. The van der Waals surface area contributed by atoms with Crippen LogP contribution in [-0.4, -0.2) is 18.2 Å². The summed E-state index contributed by atoms with van der Waals surface area (Å²) in [5.74, 6) is 2.37. The van der Waals surface area contributed by atoms with E-state index >= 15 is 0 Å². The fraction of sp³-hybridized carbons (Fsp3) is 0.296. The van der Waals surface area contributed by atoms with Gasteiger partial charge in [0.25, 0.3) is 0 Å². The van der Waals surface area contributed by atoms with Crippen LogP contribution in [0.4, 0.5) is 0 Å². The number of thiophene rings is 1. The van der Waals surface area contributed by atoms with Crippen molar-refractivity contribution in [1.29, 1.82) is 0 Å². The predicted molar refractivity (Wildman–Crippen MR) is 127 cm³/mol. The van der Waals surface area contributed by atoms with Crippen molar-refractivity contribution in [2.24, 2.45) is 5.92 Å². The summed E-state index contributed by atoms with van der Waals surface area (Å²) in [5, 5.41) is 1.36. The van der Waals surface area contributed by atoms with Crippen molar-refractivity contribution in [2.75, 3.05) is 13.2 Å². The van der Waals surface area contributed by atoms with Crippen LogP contribution in [0.5, 0.6) is 11.5 Å². The van der Waals surface area contributed by atoms with Crippen LogP contribution in [0, 0.1) is 12.8 Å². The summed E-state index contributed by atoms with van der Waals surface area (Å²) in [5.41, 5.74) is 7.43. The first kappa shape index (κ1) is 18.9. The molecule has 1 aliphatic carbocycles. The zero-order valence-electron chi connectivity index (χ0n) is 17.9. The predicted octanol–water partition coefficient (Wildman–Crippen LogP) is 6.83. The molecule has 2 aromatic heterocycles. The molecule has 31 heavy (non-hydrogen) atoms.